The van der Waals surface area contributed by atoms with Gasteiger partial charge < -0.3 is 5.32 Å². The second kappa shape index (κ2) is 5.85. The molecule has 0 aromatic carbocycles. The quantitative estimate of drug-likeness (QED) is 0.510. The van der Waals surface area contributed by atoms with Gasteiger partial charge in [0.1, 0.15) is 5.66 Å². The topological polar surface area (TPSA) is 58.2 Å². The number of amides is 1. The minimum Gasteiger partial charge on any atom is -0.332 e. The van der Waals surface area contributed by atoms with Crippen molar-refractivity contribution < 1.29 is 9.59 Å². The van der Waals surface area contributed by atoms with E-state index >= 15 is 0 Å². The van der Waals surface area contributed by atoms with Crippen LogP contribution in [0.2, 0.25) is 0 Å². The molecule has 0 aromatic rings. The Morgan fingerprint density at radius 2 is 1.87 bits per heavy atom. The maximum atomic E-state index is 11.5. The van der Waals surface area contributed by atoms with E-state index < -0.39 is 5.66 Å². The molecule has 0 heterocycles. The summed E-state index contributed by atoms with van der Waals surface area (Å²) in [5.41, 5.74) is -0.921. The van der Waals surface area contributed by atoms with Crippen molar-refractivity contribution in [2.75, 3.05) is 7.05 Å². The minimum absolute atomic E-state index is 0.114. The van der Waals surface area contributed by atoms with E-state index in [1.54, 1.807) is 20.9 Å². The highest BCUT2D eigenvalue weighted by Gasteiger charge is 2.31. The Labute approximate surface area is 91.8 Å². The van der Waals surface area contributed by atoms with Crippen LogP contribution in [-0.4, -0.2) is 24.9 Å². The summed E-state index contributed by atoms with van der Waals surface area (Å²) in [6.45, 7) is 7.63. The van der Waals surface area contributed by atoms with E-state index in [9.17, 15) is 9.59 Å². The largest absolute Gasteiger partial charge is 0.332 e. The Balaban J connectivity index is 4.63. The van der Waals surface area contributed by atoms with Gasteiger partial charge in [-0.3, -0.25) is 14.9 Å². The number of carbonyl (C=O) groups excluding carboxylic acids is 2. The zero-order valence-corrected chi connectivity index (χ0v) is 10.3. The molecule has 0 spiro atoms. The molecular weight excluding hydrogens is 192 g/mol. The first-order valence-electron chi connectivity index (χ1n) is 5.34. The van der Waals surface area contributed by atoms with Gasteiger partial charge in [0.25, 0.3) is 0 Å². The molecule has 0 aromatic heterocycles. The Morgan fingerprint density at radius 1 is 1.33 bits per heavy atom. The first-order chi connectivity index (χ1) is 6.87. The fourth-order valence-corrected chi connectivity index (χ4v) is 1.36. The highest BCUT2D eigenvalue weighted by atomic mass is 16.2. The predicted octanol–water partition coefficient (Wildman–Crippen LogP) is 0.919. The number of hydrogen-bond donors (Lipinski definition) is 2. The van der Waals surface area contributed by atoms with Gasteiger partial charge in [0.05, 0.1) is 0 Å². The van der Waals surface area contributed by atoms with E-state index in [-0.39, 0.29) is 11.8 Å². The molecule has 2 N–H and O–H groups in total. The number of aldehydes is 1. The van der Waals surface area contributed by atoms with Crippen LogP contribution in [0.3, 0.4) is 0 Å². The van der Waals surface area contributed by atoms with Crippen molar-refractivity contribution in [1.29, 1.82) is 0 Å². The zero-order valence-electron chi connectivity index (χ0n) is 10.3. The molecule has 0 saturated carbocycles. The van der Waals surface area contributed by atoms with Gasteiger partial charge in [0, 0.05) is 5.92 Å². The smallest absolute Gasteiger partial charge is 0.224 e. The van der Waals surface area contributed by atoms with Crippen molar-refractivity contribution >= 4 is 12.2 Å². The van der Waals surface area contributed by atoms with Crippen molar-refractivity contribution in [1.82, 2.24) is 10.6 Å². The molecule has 0 radical (unpaired) electrons. The van der Waals surface area contributed by atoms with Crippen LogP contribution >= 0.6 is 0 Å². The Bertz CT molecular complexity index is 227. The first kappa shape index (κ1) is 14.1. The third-order valence-corrected chi connectivity index (χ3v) is 2.25. The van der Waals surface area contributed by atoms with Crippen LogP contribution < -0.4 is 10.6 Å². The maximum Gasteiger partial charge on any atom is 0.224 e. The third-order valence-electron chi connectivity index (χ3n) is 2.25. The van der Waals surface area contributed by atoms with Crippen LogP contribution in [0.25, 0.3) is 0 Å². The second-order valence-corrected chi connectivity index (χ2v) is 4.58. The van der Waals surface area contributed by atoms with E-state index in [1.165, 1.54) is 0 Å². The van der Waals surface area contributed by atoms with Gasteiger partial charge in [-0.25, -0.2) is 0 Å². The van der Waals surface area contributed by atoms with Crippen molar-refractivity contribution in [3.05, 3.63) is 0 Å². The zero-order chi connectivity index (χ0) is 12.1. The van der Waals surface area contributed by atoms with Crippen molar-refractivity contribution in [2.45, 2.75) is 39.8 Å². The SMILES string of the molecule is CNC(C=O)(CC(C)C)NC(=O)C(C)C. The van der Waals surface area contributed by atoms with Gasteiger partial charge in [-0.15, -0.1) is 0 Å². The maximum absolute atomic E-state index is 11.5. The average molecular weight is 214 g/mol. The summed E-state index contributed by atoms with van der Waals surface area (Å²) in [5.74, 6) is 0.0945. The van der Waals surface area contributed by atoms with E-state index in [0.717, 1.165) is 6.29 Å². The summed E-state index contributed by atoms with van der Waals surface area (Å²) < 4.78 is 0. The van der Waals surface area contributed by atoms with Crippen LogP contribution in [0.15, 0.2) is 0 Å². The van der Waals surface area contributed by atoms with Crippen LogP contribution in [0.4, 0.5) is 0 Å². The van der Waals surface area contributed by atoms with Gasteiger partial charge in [-0.2, -0.15) is 0 Å². The Hall–Kier alpha value is -0.900. The normalized spacial score (nSPS) is 15.1. The molecule has 4 heteroatoms. The molecule has 15 heavy (non-hydrogen) atoms. The average Bonchev–Trinajstić information content (AvgIpc) is 2.15. The molecule has 0 saturated heterocycles. The lowest BCUT2D eigenvalue weighted by atomic mass is 9.97. The minimum atomic E-state index is -0.921. The third kappa shape index (κ3) is 4.42. The van der Waals surface area contributed by atoms with Gasteiger partial charge in [0.2, 0.25) is 5.91 Å². The molecule has 0 aliphatic carbocycles. The summed E-state index contributed by atoms with van der Waals surface area (Å²) in [5, 5.41) is 5.62. The Morgan fingerprint density at radius 3 is 2.13 bits per heavy atom. The molecule has 0 fully saturated rings. The highest BCUT2D eigenvalue weighted by Crippen LogP contribution is 2.12. The van der Waals surface area contributed by atoms with E-state index in [0.29, 0.717) is 12.3 Å². The molecule has 0 bridgehead atoms. The lowest BCUT2D eigenvalue weighted by Crippen LogP contribution is -2.60. The fraction of sp³-hybridized carbons (Fsp3) is 0.818. The molecule has 0 rings (SSSR count). The number of nitrogens with one attached hydrogen (secondary N) is 2. The van der Waals surface area contributed by atoms with Crippen LogP contribution in [0, 0.1) is 11.8 Å². The summed E-state index contributed by atoms with van der Waals surface area (Å²) in [7, 11) is 1.68. The molecule has 1 unspecified atom stereocenters. The van der Waals surface area contributed by atoms with Gasteiger partial charge >= 0.3 is 0 Å². The standard InChI is InChI=1S/C11H22N2O2/c1-8(2)6-11(7-14,12-5)13-10(15)9(3)4/h7-9,12H,6H2,1-5H3,(H,13,15). The summed E-state index contributed by atoms with van der Waals surface area (Å²) in [6, 6.07) is 0. The van der Waals surface area contributed by atoms with Crippen LogP contribution in [0.1, 0.15) is 34.1 Å². The van der Waals surface area contributed by atoms with E-state index in [4.69, 9.17) is 0 Å². The number of rotatable bonds is 6. The number of carbonyl (C=O) groups is 2. The van der Waals surface area contributed by atoms with Crippen LogP contribution in [-0.2, 0) is 9.59 Å². The lowest BCUT2D eigenvalue weighted by molar-refractivity contribution is -0.130. The molecule has 1 amide bonds. The second-order valence-electron chi connectivity index (χ2n) is 4.58. The first-order valence-corrected chi connectivity index (χ1v) is 5.34. The van der Waals surface area contributed by atoms with Gasteiger partial charge in [-0.1, -0.05) is 27.7 Å². The van der Waals surface area contributed by atoms with E-state index in [2.05, 4.69) is 10.6 Å². The molecule has 0 aliphatic heterocycles. The summed E-state index contributed by atoms with van der Waals surface area (Å²) >= 11 is 0. The summed E-state index contributed by atoms with van der Waals surface area (Å²) in [6.07, 6.45) is 1.36. The monoisotopic (exact) mass is 214 g/mol. The molecule has 0 aliphatic rings. The Kier molecular flexibility index (Phi) is 5.50. The molecular formula is C11H22N2O2. The predicted molar refractivity (Wildman–Crippen MR) is 60.3 cm³/mol. The lowest BCUT2D eigenvalue weighted by Gasteiger charge is -2.31. The van der Waals surface area contributed by atoms with E-state index in [1.807, 2.05) is 13.8 Å². The highest BCUT2D eigenvalue weighted by molar-refractivity contribution is 5.82. The van der Waals surface area contributed by atoms with Crippen LogP contribution in [0.5, 0.6) is 0 Å². The van der Waals surface area contributed by atoms with Crippen molar-refractivity contribution in [3.8, 4) is 0 Å². The van der Waals surface area contributed by atoms with Crippen molar-refractivity contribution in [3.63, 3.8) is 0 Å². The molecule has 1 atom stereocenters. The van der Waals surface area contributed by atoms with Gasteiger partial charge in [-0.05, 0) is 19.4 Å². The van der Waals surface area contributed by atoms with Gasteiger partial charge in [0.15, 0.2) is 6.29 Å². The number of likely N-dealkylation sites (N-methyl/N-ethyl adjacent to an activating group) is 1. The fourth-order valence-electron chi connectivity index (χ4n) is 1.36. The molecule has 4 nitrogen and oxygen atoms in total. The van der Waals surface area contributed by atoms with Crippen molar-refractivity contribution in [2.24, 2.45) is 11.8 Å². The molecule has 88 valence electrons. The number of hydrogen-bond acceptors (Lipinski definition) is 3. The summed E-state index contributed by atoms with van der Waals surface area (Å²) in [4.78, 5) is 22.6.